The van der Waals surface area contributed by atoms with Crippen LogP contribution in [0.15, 0.2) is 24.8 Å². The molecule has 0 N–H and O–H groups in total. The average Bonchev–Trinajstić information content (AvgIpc) is 1.87. The SMILES string of the molecule is C=CC[C@@H](C)CC(=C)CCI. The van der Waals surface area contributed by atoms with Gasteiger partial charge in [-0.25, -0.2) is 0 Å². The molecule has 0 saturated carbocycles. The van der Waals surface area contributed by atoms with Crippen LogP contribution in [-0.4, -0.2) is 4.43 Å². The second-order valence-corrected chi connectivity index (χ2v) is 4.10. The second-order valence-electron chi connectivity index (χ2n) is 3.02. The Morgan fingerprint density at radius 3 is 2.73 bits per heavy atom. The van der Waals surface area contributed by atoms with E-state index in [0.29, 0.717) is 0 Å². The van der Waals surface area contributed by atoms with Crippen molar-refractivity contribution < 1.29 is 0 Å². The molecule has 0 aromatic heterocycles. The number of rotatable bonds is 6. The minimum Gasteiger partial charge on any atom is -0.103 e. The van der Waals surface area contributed by atoms with Crippen molar-refractivity contribution in [2.45, 2.75) is 26.2 Å². The maximum atomic E-state index is 4.03. The van der Waals surface area contributed by atoms with Crippen LogP contribution in [0.25, 0.3) is 0 Å². The zero-order valence-electron chi connectivity index (χ0n) is 7.28. The normalized spacial score (nSPS) is 12.5. The lowest BCUT2D eigenvalue weighted by molar-refractivity contribution is 0.580. The van der Waals surface area contributed by atoms with Crippen LogP contribution in [0.2, 0.25) is 0 Å². The first-order valence-electron chi connectivity index (χ1n) is 4.04. The third kappa shape index (κ3) is 6.60. The van der Waals surface area contributed by atoms with Crippen LogP contribution in [-0.2, 0) is 0 Å². The van der Waals surface area contributed by atoms with Gasteiger partial charge in [0.15, 0.2) is 0 Å². The van der Waals surface area contributed by atoms with Crippen molar-refractivity contribution in [3.05, 3.63) is 24.8 Å². The van der Waals surface area contributed by atoms with E-state index in [2.05, 4.69) is 42.7 Å². The first-order valence-corrected chi connectivity index (χ1v) is 5.56. The first kappa shape index (κ1) is 11.2. The summed E-state index contributed by atoms with van der Waals surface area (Å²) in [5.41, 5.74) is 1.38. The highest BCUT2D eigenvalue weighted by atomic mass is 127. The monoisotopic (exact) mass is 264 g/mol. The number of halogens is 1. The van der Waals surface area contributed by atoms with Gasteiger partial charge in [-0.15, -0.1) is 6.58 Å². The van der Waals surface area contributed by atoms with Gasteiger partial charge in [-0.3, -0.25) is 0 Å². The molecule has 0 aromatic rings. The van der Waals surface area contributed by atoms with E-state index in [-0.39, 0.29) is 0 Å². The van der Waals surface area contributed by atoms with Crippen molar-refractivity contribution >= 4 is 22.6 Å². The van der Waals surface area contributed by atoms with E-state index in [1.165, 1.54) is 16.4 Å². The van der Waals surface area contributed by atoms with Gasteiger partial charge in [0.2, 0.25) is 0 Å². The Hall–Kier alpha value is 0.210. The highest BCUT2D eigenvalue weighted by molar-refractivity contribution is 14.1. The molecule has 0 spiro atoms. The predicted octanol–water partition coefficient (Wildman–Crippen LogP) is 3.97. The summed E-state index contributed by atoms with van der Waals surface area (Å²) in [6.45, 7) is 10.0. The van der Waals surface area contributed by atoms with Gasteiger partial charge in [0.25, 0.3) is 0 Å². The molecule has 64 valence electrons. The number of hydrogen-bond acceptors (Lipinski definition) is 0. The van der Waals surface area contributed by atoms with Gasteiger partial charge >= 0.3 is 0 Å². The molecule has 0 aromatic carbocycles. The van der Waals surface area contributed by atoms with Crippen molar-refractivity contribution in [1.82, 2.24) is 0 Å². The van der Waals surface area contributed by atoms with Crippen LogP contribution in [0.1, 0.15) is 26.2 Å². The molecule has 0 aliphatic rings. The fourth-order valence-electron chi connectivity index (χ4n) is 1.10. The summed E-state index contributed by atoms with van der Waals surface area (Å²) in [5.74, 6) is 0.725. The van der Waals surface area contributed by atoms with Gasteiger partial charge in [-0.05, 0) is 25.2 Å². The van der Waals surface area contributed by atoms with E-state index < -0.39 is 0 Å². The zero-order valence-corrected chi connectivity index (χ0v) is 9.43. The quantitative estimate of drug-likeness (QED) is 0.387. The molecule has 0 aliphatic heterocycles. The van der Waals surface area contributed by atoms with Crippen molar-refractivity contribution in [3.8, 4) is 0 Å². The first-order chi connectivity index (χ1) is 5.20. The topological polar surface area (TPSA) is 0 Å². The van der Waals surface area contributed by atoms with Gasteiger partial charge in [0.05, 0.1) is 0 Å². The lowest BCUT2D eigenvalue weighted by atomic mass is 9.98. The maximum Gasteiger partial charge on any atom is 0.00324 e. The largest absolute Gasteiger partial charge is 0.103 e. The predicted molar refractivity (Wildman–Crippen MR) is 61.2 cm³/mol. The third-order valence-corrected chi connectivity index (χ3v) is 2.19. The fraction of sp³-hybridized carbons (Fsp3) is 0.600. The van der Waals surface area contributed by atoms with Crippen molar-refractivity contribution in [2.24, 2.45) is 5.92 Å². The lowest BCUT2D eigenvalue weighted by Gasteiger charge is -2.09. The van der Waals surface area contributed by atoms with Crippen LogP contribution in [0.5, 0.6) is 0 Å². The molecule has 0 amide bonds. The van der Waals surface area contributed by atoms with Crippen LogP contribution in [0, 0.1) is 5.92 Å². The molecule has 0 saturated heterocycles. The van der Waals surface area contributed by atoms with E-state index >= 15 is 0 Å². The molecule has 1 atom stereocenters. The Morgan fingerprint density at radius 1 is 1.64 bits per heavy atom. The van der Waals surface area contributed by atoms with E-state index in [1.54, 1.807) is 0 Å². The Balaban J connectivity index is 3.48. The third-order valence-electron chi connectivity index (χ3n) is 1.65. The van der Waals surface area contributed by atoms with Crippen LogP contribution in [0.4, 0.5) is 0 Å². The smallest absolute Gasteiger partial charge is 0.00324 e. The molecule has 0 aliphatic carbocycles. The molecule has 0 nitrogen and oxygen atoms in total. The van der Waals surface area contributed by atoms with Gasteiger partial charge in [-0.2, -0.15) is 0 Å². The number of allylic oxidation sites excluding steroid dienone is 2. The minimum absolute atomic E-state index is 0.725. The molecule has 0 fully saturated rings. The summed E-state index contributed by atoms with van der Waals surface area (Å²) in [7, 11) is 0. The summed E-state index contributed by atoms with van der Waals surface area (Å²) in [4.78, 5) is 0. The van der Waals surface area contributed by atoms with Crippen LogP contribution >= 0.6 is 22.6 Å². The van der Waals surface area contributed by atoms with Gasteiger partial charge in [0, 0.05) is 4.43 Å². The zero-order chi connectivity index (χ0) is 8.69. The fourth-order valence-corrected chi connectivity index (χ4v) is 1.86. The van der Waals surface area contributed by atoms with Gasteiger partial charge < -0.3 is 0 Å². The Kier molecular flexibility index (Phi) is 7.02. The highest BCUT2D eigenvalue weighted by Crippen LogP contribution is 2.16. The molecular weight excluding hydrogens is 247 g/mol. The van der Waals surface area contributed by atoms with Crippen molar-refractivity contribution in [1.29, 1.82) is 0 Å². The Labute approximate surface area is 83.9 Å². The number of hydrogen-bond donors (Lipinski definition) is 0. The van der Waals surface area contributed by atoms with Crippen molar-refractivity contribution in [2.75, 3.05) is 4.43 Å². The second kappa shape index (κ2) is 6.89. The molecule has 0 bridgehead atoms. The number of alkyl halides is 1. The molecule has 0 unspecified atom stereocenters. The van der Waals surface area contributed by atoms with E-state index in [0.717, 1.165) is 18.8 Å². The molecule has 0 heterocycles. The van der Waals surface area contributed by atoms with Crippen LogP contribution < -0.4 is 0 Å². The summed E-state index contributed by atoms with van der Waals surface area (Å²) < 4.78 is 1.19. The average molecular weight is 264 g/mol. The minimum atomic E-state index is 0.725. The van der Waals surface area contributed by atoms with Gasteiger partial charge in [0.1, 0.15) is 0 Å². The highest BCUT2D eigenvalue weighted by Gasteiger charge is 2.01. The summed E-state index contributed by atoms with van der Waals surface area (Å²) in [5, 5.41) is 0. The molecule has 0 radical (unpaired) electrons. The molecule has 1 heteroatoms. The Morgan fingerprint density at radius 2 is 2.27 bits per heavy atom. The standard InChI is InChI=1S/C10H17I/c1-4-5-9(2)8-10(3)6-7-11/h4,9H,1,3,5-8H2,2H3/t9-/m1/s1. The van der Waals surface area contributed by atoms with Crippen molar-refractivity contribution in [3.63, 3.8) is 0 Å². The van der Waals surface area contributed by atoms with E-state index in [9.17, 15) is 0 Å². The van der Waals surface area contributed by atoms with E-state index in [1.807, 2.05) is 6.08 Å². The Bertz CT molecular complexity index is 127. The lowest BCUT2D eigenvalue weighted by Crippen LogP contribution is -1.95. The maximum absolute atomic E-state index is 4.03. The molecular formula is C10H17I. The summed E-state index contributed by atoms with van der Waals surface area (Å²) in [6.07, 6.45) is 5.43. The van der Waals surface area contributed by atoms with E-state index in [4.69, 9.17) is 0 Å². The van der Waals surface area contributed by atoms with Gasteiger partial charge in [-0.1, -0.05) is 47.7 Å². The summed E-state index contributed by atoms with van der Waals surface area (Å²) in [6, 6.07) is 0. The summed E-state index contributed by atoms with van der Waals surface area (Å²) >= 11 is 2.39. The molecule has 0 rings (SSSR count). The van der Waals surface area contributed by atoms with Crippen LogP contribution in [0.3, 0.4) is 0 Å². The molecule has 11 heavy (non-hydrogen) atoms.